The number of anilines is 1. The van der Waals surface area contributed by atoms with Crippen LogP contribution in [-0.4, -0.2) is 35.6 Å². The van der Waals surface area contributed by atoms with E-state index in [9.17, 15) is 4.79 Å². The van der Waals surface area contributed by atoms with Gasteiger partial charge in [0.15, 0.2) is 5.13 Å². The lowest BCUT2D eigenvalue weighted by Crippen LogP contribution is -2.32. The number of nitrogens with zero attached hydrogens (tertiary/aromatic N) is 2. The summed E-state index contributed by atoms with van der Waals surface area (Å²) in [6, 6.07) is 5.73. The molecule has 5 nitrogen and oxygen atoms in total. The van der Waals surface area contributed by atoms with E-state index in [-0.39, 0.29) is 6.03 Å². The number of thiazole rings is 1. The van der Waals surface area contributed by atoms with Gasteiger partial charge in [-0.15, -0.1) is 0 Å². The minimum absolute atomic E-state index is 0.0495. The Kier molecular flexibility index (Phi) is 3.73. The van der Waals surface area contributed by atoms with Gasteiger partial charge in [-0.1, -0.05) is 11.3 Å². The summed E-state index contributed by atoms with van der Waals surface area (Å²) in [7, 11) is 0. The molecule has 0 radical (unpaired) electrons. The molecule has 3 rings (SSSR count). The molecule has 20 heavy (non-hydrogen) atoms. The molecule has 2 amide bonds. The Balaban J connectivity index is 1.76. The molecule has 2 heterocycles. The van der Waals surface area contributed by atoms with Crippen LogP contribution in [0.25, 0.3) is 10.2 Å². The van der Waals surface area contributed by atoms with Crippen LogP contribution in [-0.2, 0) is 0 Å². The molecule has 1 aliphatic heterocycles. The number of ether oxygens (including phenoxy) is 1. The van der Waals surface area contributed by atoms with Crippen molar-refractivity contribution in [2.24, 2.45) is 0 Å². The molecule has 6 heteroatoms. The summed E-state index contributed by atoms with van der Waals surface area (Å²) < 4.78 is 6.49. The predicted molar refractivity (Wildman–Crippen MR) is 80.6 cm³/mol. The van der Waals surface area contributed by atoms with Crippen molar-refractivity contribution >= 4 is 32.7 Å². The van der Waals surface area contributed by atoms with Crippen molar-refractivity contribution in [3.8, 4) is 5.75 Å². The zero-order valence-electron chi connectivity index (χ0n) is 11.4. The maximum atomic E-state index is 12.0. The predicted octanol–water partition coefficient (Wildman–Crippen LogP) is 3.32. The monoisotopic (exact) mass is 291 g/mol. The normalized spacial score (nSPS) is 14.8. The Hall–Kier alpha value is -1.82. The molecule has 1 aromatic heterocycles. The third-order valence-corrected chi connectivity index (χ3v) is 4.21. The van der Waals surface area contributed by atoms with Crippen LogP contribution in [0.2, 0.25) is 0 Å². The maximum Gasteiger partial charge on any atom is 0.323 e. The second-order valence-corrected chi connectivity index (χ2v) is 5.74. The summed E-state index contributed by atoms with van der Waals surface area (Å²) in [6.07, 6.45) is 2.18. The maximum absolute atomic E-state index is 12.0. The minimum Gasteiger partial charge on any atom is -0.494 e. The second kappa shape index (κ2) is 5.66. The summed E-state index contributed by atoms with van der Waals surface area (Å²) >= 11 is 1.47. The van der Waals surface area contributed by atoms with E-state index in [1.807, 2.05) is 30.0 Å². The van der Waals surface area contributed by atoms with Crippen LogP contribution in [0, 0.1) is 0 Å². The number of nitrogens with one attached hydrogen (secondary N) is 1. The molecule has 0 unspecified atom stereocenters. The van der Waals surface area contributed by atoms with E-state index in [0.29, 0.717) is 11.7 Å². The number of carbonyl (C=O) groups excluding carboxylic acids is 1. The Labute approximate surface area is 121 Å². The average molecular weight is 291 g/mol. The van der Waals surface area contributed by atoms with Gasteiger partial charge in [0.05, 0.1) is 16.8 Å². The highest BCUT2D eigenvalue weighted by molar-refractivity contribution is 7.22. The van der Waals surface area contributed by atoms with Crippen molar-refractivity contribution in [1.82, 2.24) is 9.88 Å². The third kappa shape index (κ3) is 2.70. The van der Waals surface area contributed by atoms with Gasteiger partial charge in [-0.3, -0.25) is 5.32 Å². The molecule has 1 N–H and O–H groups in total. The van der Waals surface area contributed by atoms with Crippen LogP contribution in [0.1, 0.15) is 19.8 Å². The minimum atomic E-state index is -0.0495. The molecule has 2 aromatic rings. The van der Waals surface area contributed by atoms with E-state index < -0.39 is 0 Å². The van der Waals surface area contributed by atoms with Crippen LogP contribution < -0.4 is 10.1 Å². The first-order valence-electron chi connectivity index (χ1n) is 6.85. The first-order chi connectivity index (χ1) is 9.76. The van der Waals surface area contributed by atoms with Crippen LogP contribution in [0.15, 0.2) is 18.2 Å². The number of fused-ring (bicyclic) bond motifs is 1. The summed E-state index contributed by atoms with van der Waals surface area (Å²) in [5.74, 6) is 0.834. The summed E-state index contributed by atoms with van der Waals surface area (Å²) in [5, 5.41) is 3.52. The molecular formula is C14H17N3O2S. The van der Waals surface area contributed by atoms with Crippen molar-refractivity contribution in [3.63, 3.8) is 0 Å². The van der Waals surface area contributed by atoms with E-state index in [2.05, 4.69) is 10.3 Å². The number of hydrogen-bond donors (Lipinski definition) is 1. The average Bonchev–Trinajstić information content (AvgIpc) is 3.06. The lowest BCUT2D eigenvalue weighted by atomic mass is 10.3. The van der Waals surface area contributed by atoms with Crippen LogP contribution in [0.4, 0.5) is 9.93 Å². The summed E-state index contributed by atoms with van der Waals surface area (Å²) in [5.41, 5.74) is 0.884. The second-order valence-electron chi connectivity index (χ2n) is 4.71. The molecule has 0 atom stereocenters. The van der Waals surface area contributed by atoms with Crippen molar-refractivity contribution in [3.05, 3.63) is 18.2 Å². The van der Waals surface area contributed by atoms with Crippen molar-refractivity contribution in [2.45, 2.75) is 19.8 Å². The summed E-state index contributed by atoms with van der Waals surface area (Å²) in [4.78, 5) is 18.3. The first kappa shape index (κ1) is 13.2. The molecule has 0 spiro atoms. The number of carbonyl (C=O) groups is 1. The molecule has 0 bridgehead atoms. The standard InChI is InChI=1S/C14H17N3O2S/c1-2-19-10-5-6-11-12(9-10)20-13(15-11)16-14(18)17-7-3-4-8-17/h5-6,9H,2-4,7-8H2,1H3,(H,15,16,18). The molecule has 1 aliphatic rings. The van der Waals surface area contributed by atoms with E-state index in [1.54, 1.807) is 0 Å². The largest absolute Gasteiger partial charge is 0.494 e. The first-order valence-corrected chi connectivity index (χ1v) is 7.67. The van der Waals surface area contributed by atoms with E-state index in [0.717, 1.165) is 41.9 Å². The zero-order chi connectivity index (χ0) is 13.9. The smallest absolute Gasteiger partial charge is 0.323 e. The van der Waals surface area contributed by atoms with Gasteiger partial charge >= 0.3 is 6.03 Å². The number of hydrogen-bond acceptors (Lipinski definition) is 4. The van der Waals surface area contributed by atoms with Crippen LogP contribution in [0.3, 0.4) is 0 Å². The van der Waals surface area contributed by atoms with Crippen molar-refractivity contribution < 1.29 is 9.53 Å². The van der Waals surface area contributed by atoms with E-state index in [4.69, 9.17) is 4.74 Å². The Morgan fingerprint density at radius 1 is 1.45 bits per heavy atom. The van der Waals surface area contributed by atoms with Crippen molar-refractivity contribution in [2.75, 3.05) is 25.0 Å². The van der Waals surface area contributed by atoms with Gasteiger partial charge in [-0.25, -0.2) is 9.78 Å². The quantitative estimate of drug-likeness (QED) is 0.943. The van der Waals surface area contributed by atoms with Gasteiger partial charge in [0, 0.05) is 13.1 Å². The molecule has 1 saturated heterocycles. The van der Waals surface area contributed by atoms with Crippen LogP contribution >= 0.6 is 11.3 Å². The van der Waals surface area contributed by atoms with Gasteiger partial charge in [0.2, 0.25) is 0 Å². The van der Waals surface area contributed by atoms with E-state index >= 15 is 0 Å². The zero-order valence-corrected chi connectivity index (χ0v) is 12.2. The highest BCUT2D eigenvalue weighted by atomic mass is 32.1. The SMILES string of the molecule is CCOc1ccc2nc(NC(=O)N3CCCC3)sc2c1. The number of amides is 2. The Bertz CT molecular complexity index is 620. The number of aromatic nitrogens is 1. The Morgan fingerprint density at radius 2 is 2.25 bits per heavy atom. The fraction of sp³-hybridized carbons (Fsp3) is 0.429. The van der Waals surface area contributed by atoms with Gasteiger partial charge in [0.1, 0.15) is 5.75 Å². The number of benzene rings is 1. The highest BCUT2D eigenvalue weighted by Crippen LogP contribution is 2.29. The molecule has 0 aliphatic carbocycles. The number of urea groups is 1. The number of rotatable bonds is 3. The molecular weight excluding hydrogens is 274 g/mol. The Morgan fingerprint density at radius 3 is 3.00 bits per heavy atom. The van der Waals surface area contributed by atoms with Gasteiger partial charge in [0.25, 0.3) is 0 Å². The lowest BCUT2D eigenvalue weighted by Gasteiger charge is -2.14. The van der Waals surface area contributed by atoms with Gasteiger partial charge < -0.3 is 9.64 Å². The van der Waals surface area contributed by atoms with Crippen molar-refractivity contribution in [1.29, 1.82) is 0 Å². The molecule has 1 aromatic carbocycles. The van der Waals surface area contributed by atoms with Gasteiger partial charge in [-0.05, 0) is 38.0 Å². The van der Waals surface area contributed by atoms with Crippen LogP contribution in [0.5, 0.6) is 5.75 Å². The molecule has 1 fully saturated rings. The third-order valence-electron chi connectivity index (χ3n) is 3.28. The molecule has 0 saturated carbocycles. The topological polar surface area (TPSA) is 54.5 Å². The lowest BCUT2D eigenvalue weighted by molar-refractivity contribution is 0.222. The fourth-order valence-corrected chi connectivity index (χ4v) is 3.19. The van der Waals surface area contributed by atoms with Gasteiger partial charge in [-0.2, -0.15) is 0 Å². The fourth-order valence-electron chi connectivity index (χ4n) is 2.31. The number of likely N-dealkylation sites (tertiary alicyclic amines) is 1. The molecule has 106 valence electrons. The highest BCUT2D eigenvalue weighted by Gasteiger charge is 2.19. The summed E-state index contributed by atoms with van der Waals surface area (Å²) in [6.45, 7) is 4.28. The van der Waals surface area contributed by atoms with E-state index in [1.165, 1.54) is 11.3 Å².